The predicted molar refractivity (Wildman–Crippen MR) is 113 cm³/mol. The largest absolute Gasteiger partial charge is 0.207 e. The van der Waals surface area contributed by atoms with Crippen molar-refractivity contribution in [2.75, 3.05) is 0 Å². The zero-order valence-electron chi connectivity index (χ0n) is 17.5. The maximum Gasteiger partial charge on any atom is 0.136 e. The minimum atomic E-state index is -0.815. The maximum atomic E-state index is 14.6. The molecule has 0 aliphatic heterocycles. The Bertz CT molecular complexity index is 843. The van der Waals surface area contributed by atoms with Crippen molar-refractivity contribution in [1.82, 2.24) is 0 Å². The monoisotopic (exact) mass is 402 g/mol. The van der Waals surface area contributed by atoms with Crippen molar-refractivity contribution in [3.8, 4) is 0 Å². The van der Waals surface area contributed by atoms with E-state index in [2.05, 4.69) is 6.92 Å². The highest BCUT2D eigenvalue weighted by molar-refractivity contribution is 5.84. The fourth-order valence-corrected chi connectivity index (χ4v) is 6.05. The van der Waals surface area contributed by atoms with Gasteiger partial charge in [0.2, 0.25) is 0 Å². The molecule has 0 N–H and O–H groups in total. The summed E-state index contributed by atoms with van der Waals surface area (Å²) in [4.78, 5) is 0. The van der Waals surface area contributed by atoms with Crippen LogP contribution < -0.4 is 0 Å². The van der Waals surface area contributed by atoms with Gasteiger partial charge in [-0.1, -0.05) is 51.5 Å². The van der Waals surface area contributed by atoms with Gasteiger partial charge < -0.3 is 0 Å². The van der Waals surface area contributed by atoms with Crippen molar-refractivity contribution < 1.29 is 13.2 Å². The van der Waals surface area contributed by atoms with Crippen LogP contribution in [0.3, 0.4) is 0 Å². The third-order valence-electron chi connectivity index (χ3n) is 7.60. The summed E-state index contributed by atoms with van der Waals surface area (Å²) in [5.41, 5.74) is 0.917. The van der Waals surface area contributed by atoms with E-state index in [9.17, 15) is 13.2 Å². The van der Waals surface area contributed by atoms with E-state index in [1.807, 2.05) is 6.07 Å². The van der Waals surface area contributed by atoms with E-state index in [1.54, 1.807) is 0 Å². The van der Waals surface area contributed by atoms with Crippen molar-refractivity contribution in [3.05, 3.63) is 47.3 Å². The van der Waals surface area contributed by atoms with E-state index in [0.717, 1.165) is 42.2 Å². The van der Waals surface area contributed by atoms with Crippen LogP contribution >= 0.6 is 0 Å². The van der Waals surface area contributed by atoms with Crippen LogP contribution in [0.2, 0.25) is 0 Å². The molecule has 0 heterocycles. The molecule has 158 valence electrons. The van der Waals surface area contributed by atoms with Crippen LogP contribution in [0.25, 0.3) is 10.8 Å². The second-order valence-corrected chi connectivity index (χ2v) is 9.55. The van der Waals surface area contributed by atoms with Gasteiger partial charge in [0.15, 0.2) is 0 Å². The van der Waals surface area contributed by atoms with Gasteiger partial charge in [0, 0.05) is 6.07 Å². The average molecular weight is 403 g/mol. The predicted octanol–water partition coefficient (Wildman–Crippen LogP) is 8.53. The fourth-order valence-electron chi connectivity index (χ4n) is 6.05. The molecular formula is C26H33F3. The summed E-state index contributed by atoms with van der Waals surface area (Å²) in [6.07, 6.45) is 14.1. The normalized spacial score (nSPS) is 27.2. The molecular weight excluding hydrogens is 369 g/mol. The number of rotatable bonds is 6. The first-order valence-corrected chi connectivity index (χ1v) is 11.6. The lowest BCUT2D eigenvalue weighted by Gasteiger charge is -2.42. The first kappa shape index (κ1) is 20.8. The van der Waals surface area contributed by atoms with Crippen LogP contribution in [0, 0.1) is 35.2 Å². The zero-order valence-corrected chi connectivity index (χ0v) is 17.5. The molecule has 0 spiro atoms. The summed E-state index contributed by atoms with van der Waals surface area (Å²) in [7, 11) is 0. The van der Waals surface area contributed by atoms with Gasteiger partial charge in [0.1, 0.15) is 17.5 Å². The van der Waals surface area contributed by atoms with Crippen molar-refractivity contribution in [1.29, 1.82) is 0 Å². The Labute approximate surface area is 172 Å². The third kappa shape index (κ3) is 4.64. The summed E-state index contributed by atoms with van der Waals surface area (Å²) in [6.45, 7) is 2.26. The van der Waals surface area contributed by atoms with E-state index in [-0.39, 0.29) is 5.39 Å². The molecule has 0 nitrogen and oxygen atoms in total. The smallest absolute Gasteiger partial charge is 0.136 e. The van der Waals surface area contributed by atoms with E-state index in [4.69, 9.17) is 0 Å². The highest BCUT2D eigenvalue weighted by atomic mass is 19.1. The Hall–Kier alpha value is -1.51. The van der Waals surface area contributed by atoms with Gasteiger partial charge in [-0.2, -0.15) is 0 Å². The summed E-state index contributed by atoms with van der Waals surface area (Å²) in [5, 5.41) is 0.253. The first-order valence-electron chi connectivity index (χ1n) is 11.6. The Balaban J connectivity index is 1.42. The molecule has 2 aromatic carbocycles. The van der Waals surface area contributed by atoms with Crippen LogP contribution in [-0.2, 0) is 0 Å². The maximum absolute atomic E-state index is 14.6. The number of unbranched alkanes of at least 4 members (excludes halogenated alkanes) is 3. The van der Waals surface area contributed by atoms with Crippen molar-refractivity contribution in [2.45, 2.75) is 83.5 Å². The van der Waals surface area contributed by atoms with Crippen molar-refractivity contribution in [3.63, 3.8) is 0 Å². The summed E-state index contributed by atoms with van der Waals surface area (Å²) in [6, 6.07) is 5.32. The molecule has 0 radical (unpaired) electrons. The van der Waals surface area contributed by atoms with E-state index in [0.29, 0.717) is 11.3 Å². The Morgan fingerprint density at radius 3 is 2.38 bits per heavy atom. The Morgan fingerprint density at radius 1 is 0.793 bits per heavy atom. The standard InChI is InChI=1S/C26H33F3/c1-2-3-4-5-6-17-7-8-19-12-20(10-9-18(19)11-17)21-13-22-14-23(27)16-25(29)26(22)24(28)15-21/h13-20H,2-12H2,1H3. The van der Waals surface area contributed by atoms with Crippen LogP contribution in [0.5, 0.6) is 0 Å². The molecule has 0 saturated heterocycles. The van der Waals surface area contributed by atoms with Crippen LogP contribution in [0.15, 0.2) is 24.3 Å². The highest BCUT2D eigenvalue weighted by Gasteiger charge is 2.36. The fraction of sp³-hybridized carbons (Fsp3) is 0.615. The highest BCUT2D eigenvalue weighted by Crippen LogP contribution is 2.48. The van der Waals surface area contributed by atoms with Gasteiger partial charge >= 0.3 is 0 Å². The molecule has 2 aliphatic carbocycles. The quantitative estimate of drug-likeness (QED) is 0.425. The lowest BCUT2D eigenvalue weighted by molar-refractivity contribution is 0.113. The Kier molecular flexibility index (Phi) is 6.51. The van der Waals surface area contributed by atoms with Crippen LogP contribution in [0.1, 0.15) is 89.0 Å². The molecule has 0 amide bonds. The van der Waals surface area contributed by atoms with Crippen molar-refractivity contribution >= 4 is 10.8 Å². The molecule has 0 bridgehead atoms. The number of fused-ring (bicyclic) bond motifs is 2. The minimum absolute atomic E-state index is 0.0904. The number of hydrogen-bond donors (Lipinski definition) is 0. The lowest BCUT2D eigenvalue weighted by Crippen LogP contribution is -2.30. The van der Waals surface area contributed by atoms with Crippen molar-refractivity contribution in [2.24, 2.45) is 17.8 Å². The molecule has 0 aromatic heterocycles. The van der Waals surface area contributed by atoms with E-state index in [1.165, 1.54) is 69.9 Å². The molecule has 4 unspecified atom stereocenters. The second kappa shape index (κ2) is 9.10. The lowest BCUT2D eigenvalue weighted by atomic mass is 9.63. The van der Waals surface area contributed by atoms with Crippen LogP contribution in [0.4, 0.5) is 13.2 Å². The molecule has 29 heavy (non-hydrogen) atoms. The zero-order chi connectivity index (χ0) is 20.4. The summed E-state index contributed by atoms with van der Waals surface area (Å²) >= 11 is 0. The third-order valence-corrected chi connectivity index (χ3v) is 7.60. The van der Waals surface area contributed by atoms with E-state index >= 15 is 0 Å². The van der Waals surface area contributed by atoms with Gasteiger partial charge in [0.05, 0.1) is 5.39 Å². The number of benzene rings is 2. The van der Waals surface area contributed by atoms with Gasteiger partial charge in [-0.3, -0.25) is 0 Å². The molecule has 2 fully saturated rings. The Morgan fingerprint density at radius 2 is 1.55 bits per heavy atom. The SMILES string of the molecule is CCCCCCC1CCC2CC(c3cc(F)c4c(F)cc(F)cc4c3)CCC2C1. The summed E-state index contributed by atoms with van der Waals surface area (Å²) in [5.74, 6) is 0.724. The van der Waals surface area contributed by atoms with Gasteiger partial charge in [-0.25, -0.2) is 13.2 Å². The molecule has 2 aliphatic rings. The van der Waals surface area contributed by atoms with Crippen LogP contribution in [-0.4, -0.2) is 0 Å². The molecule has 2 aromatic rings. The number of halogens is 3. The molecule has 4 rings (SSSR count). The van der Waals surface area contributed by atoms with E-state index < -0.39 is 17.5 Å². The molecule has 4 atom stereocenters. The second-order valence-electron chi connectivity index (χ2n) is 9.55. The van der Waals surface area contributed by atoms with Gasteiger partial charge in [-0.05, 0) is 78.9 Å². The minimum Gasteiger partial charge on any atom is -0.207 e. The number of hydrogen-bond acceptors (Lipinski definition) is 0. The van der Waals surface area contributed by atoms with Gasteiger partial charge in [0.25, 0.3) is 0 Å². The average Bonchev–Trinajstić information content (AvgIpc) is 2.70. The molecule has 3 heteroatoms. The van der Waals surface area contributed by atoms with Gasteiger partial charge in [-0.15, -0.1) is 0 Å². The first-order chi connectivity index (χ1) is 14.0. The molecule has 2 saturated carbocycles. The topological polar surface area (TPSA) is 0 Å². The summed E-state index contributed by atoms with van der Waals surface area (Å²) < 4.78 is 42.2.